The number of hydrogen-bond acceptors (Lipinski definition) is 6. The lowest BCUT2D eigenvalue weighted by Gasteiger charge is -2.31. The molecular formula is C17H26N4O3S. The molecule has 2 fully saturated rings. The fourth-order valence-corrected chi connectivity index (χ4v) is 4.26. The number of rotatable bonds is 6. The molecule has 0 aliphatic carbocycles. The van der Waals surface area contributed by atoms with Gasteiger partial charge in [0.15, 0.2) is 5.13 Å². The van der Waals surface area contributed by atoms with Crippen molar-refractivity contribution in [1.82, 2.24) is 15.2 Å². The van der Waals surface area contributed by atoms with Crippen molar-refractivity contribution in [3.8, 4) is 0 Å². The molecule has 1 unspecified atom stereocenters. The molecular weight excluding hydrogens is 340 g/mol. The van der Waals surface area contributed by atoms with Gasteiger partial charge in [-0.3, -0.25) is 9.59 Å². The van der Waals surface area contributed by atoms with E-state index in [4.69, 9.17) is 4.74 Å². The highest BCUT2D eigenvalue weighted by atomic mass is 32.1. The molecule has 1 aromatic rings. The Hall–Kier alpha value is -1.67. The number of nitrogens with zero attached hydrogens (tertiary/aromatic N) is 3. The van der Waals surface area contributed by atoms with E-state index in [0.717, 1.165) is 36.8 Å². The second-order valence-electron chi connectivity index (χ2n) is 6.65. The number of aromatic nitrogens is 1. The molecule has 2 aliphatic rings. The minimum atomic E-state index is -0.147. The molecule has 7 nitrogen and oxygen atoms in total. The summed E-state index contributed by atoms with van der Waals surface area (Å²) >= 11 is 1.64. The summed E-state index contributed by atoms with van der Waals surface area (Å²) in [6.45, 7) is 3.86. The van der Waals surface area contributed by atoms with Crippen LogP contribution in [0.15, 0.2) is 5.38 Å². The quantitative estimate of drug-likeness (QED) is 0.820. The van der Waals surface area contributed by atoms with Gasteiger partial charge in [0, 0.05) is 38.7 Å². The number of nitrogens with one attached hydrogen (secondary N) is 1. The molecule has 8 heteroatoms. The normalized spacial score (nSPS) is 20.8. The fraction of sp³-hybridized carbons (Fsp3) is 0.706. The molecule has 0 bridgehead atoms. The predicted molar refractivity (Wildman–Crippen MR) is 96.6 cm³/mol. The Morgan fingerprint density at radius 3 is 2.88 bits per heavy atom. The van der Waals surface area contributed by atoms with E-state index in [0.29, 0.717) is 19.6 Å². The fourth-order valence-electron chi connectivity index (χ4n) is 3.39. The number of anilines is 1. The Bertz CT molecular complexity index is 600. The van der Waals surface area contributed by atoms with Crippen LogP contribution in [-0.2, 0) is 20.9 Å². The van der Waals surface area contributed by atoms with Gasteiger partial charge in [-0.2, -0.15) is 0 Å². The van der Waals surface area contributed by atoms with Crippen LogP contribution in [-0.4, -0.2) is 61.6 Å². The maximum Gasteiger partial charge on any atom is 0.248 e. The highest BCUT2D eigenvalue weighted by Crippen LogP contribution is 2.24. The molecule has 0 aromatic carbocycles. The van der Waals surface area contributed by atoms with Crippen LogP contribution in [0.25, 0.3) is 0 Å². The molecule has 1 aromatic heterocycles. The molecule has 0 saturated carbocycles. The molecule has 2 aliphatic heterocycles. The number of thiazole rings is 1. The van der Waals surface area contributed by atoms with Gasteiger partial charge in [-0.05, 0) is 25.7 Å². The Labute approximate surface area is 152 Å². The molecule has 138 valence electrons. The van der Waals surface area contributed by atoms with Gasteiger partial charge >= 0.3 is 0 Å². The Kier molecular flexibility index (Phi) is 6.25. The van der Waals surface area contributed by atoms with E-state index < -0.39 is 0 Å². The second-order valence-corrected chi connectivity index (χ2v) is 7.48. The van der Waals surface area contributed by atoms with E-state index in [1.54, 1.807) is 16.2 Å². The highest BCUT2D eigenvalue weighted by Gasteiger charge is 2.28. The van der Waals surface area contributed by atoms with Gasteiger partial charge < -0.3 is 19.9 Å². The minimum Gasteiger partial charge on any atom is -0.375 e. The average molecular weight is 366 g/mol. The van der Waals surface area contributed by atoms with Gasteiger partial charge in [0.1, 0.15) is 6.61 Å². The third-order valence-electron chi connectivity index (χ3n) is 4.77. The van der Waals surface area contributed by atoms with Crippen molar-refractivity contribution >= 4 is 28.3 Å². The summed E-state index contributed by atoms with van der Waals surface area (Å²) in [5.41, 5.74) is 0.906. The van der Waals surface area contributed by atoms with E-state index in [2.05, 4.69) is 15.2 Å². The lowest BCUT2D eigenvalue weighted by Crippen LogP contribution is -2.46. The second kappa shape index (κ2) is 8.62. The van der Waals surface area contributed by atoms with Crippen LogP contribution >= 0.6 is 11.3 Å². The number of ether oxygens (including phenoxy) is 1. The van der Waals surface area contributed by atoms with E-state index in [1.165, 1.54) is 20.0 Å². The number of methoxy groups -OCH3 is 1. The van der Waals surface area contributed by atoms with Gasteiger partial charge in [-0.15, -0.1) is 11.3 Å². The summed E-state index contributed by atoms with van der Waals surface area (Å²) in [5.74, 6) is -0.188. The smallest absolute Gasteiger partial charge is 0.248 e. The van der Waals surface area contributed by atoms with Crippen molar-refractivity contribution in [2.45, 2.75) is 32.2 Å². The number of piperidine rings is 1. The largest absolute Gasteiger partial charge is 0.375 e. The number of carbonyl (C=O) groups is 2. The predicted octanol–water partition coefficient (Wildman–Crippen LogP) is 1.24. The molecule has 2 amide bonds. The van der Waals surface area contributed by atoms with Crippen LogP contribution in [0.2, 0.25) is 0 Å². The first-order valence-electron chi connectivity index (χ1n) is 8.91. The summed E-state index contributed by atoms with van der Waals surface area (Å²) in [7, 11) is 1.51. The van der Waals surface area contributed by atoms with Crippen LogP contribution in [0.3, 0.4) is 0 Å². The molecule has 2 saturated heterocycles. The first kappa shape index (κ1) is 18.1. The third kappa shape index (κ3) is 4.70. The number of hydrogen-bond donors (Lipinski definition) is 1. The van der Waals surface area contributed by atoms with E-state index in [-0.39, 0.29) is 24.3 Å². The van der Waals surface area contributed by atoms with Gasteiger partial charge in [-0.1, -0.05) is 0 Å². The van der Waals surface area contributed by atoms with Crippen molar-refractivity contribution in [2.75, 3.05) is 44.8 Å². The summed E-state index contributed by atoms with van der Waals surface area (Å²) in [5, 5.41) is 6.05. The summed E-state index contributed by atoms with van der Waals surface area (Å²) in [4.78, 5) is 33.0. The number of carbonyl (C=O) groups excluding carboxylic acids is 2. The van der Waals surface area contributed by atoms with E-state index in [1.807, 2.05) is 5.38 Å². The zero-order chi connectivity index (χ0) is 17.6. The van der Waals surface area contributed by atoms with Gasteiger partial charge in [0.05, 0.1) is 18.2 Å². The van der Waals surface area contributed by atoms with Crippen LogP contribution < -0.4 is 10.2 Å². The lowest BCUT2D eigenvalue weighted by atomic mass is 9.97. The minimum absolute atomic E-state index is 0.00522. The SMILES string of the molecule is COCC(=O)N1CCCC(C(=O)NCc2csc(N3CCCC3)n2)C1. The Morgan fingerprint density at radius 1 is 1.32 bits per heavy atom. The molecule has 1 atom stereocenters. The summed E-state index contributed by atoms with van der Waals surface area (Å²) < 4.78 is 4.90. The lowest BCUT2D eigenvalue weighted by molar-refractivity contribution is -0.139. The maximum absolute atomic E-state index is 12.4. The highest BCUT2D eigenvalue weighted by molar-refractivity contribution is 7.13. The standard InChI is InChI=1S/C17H26N4O3S/c1-24-11-15(22)21-8-4-5-13(10-21)16(23)18-9-14-12-25-17(19-14)20-6-2-3-7-20/h12-13H,2-11H2,1H3,(H,18,23). The molecule has 25 heavy (non-hydrogen) atoms. The van der Waals surface area contributed by atoms with Crippen molar-refractivity contribution in [1.29, 1.82) is 0 Å². The molecule has 3 rings (SSSR count). The van der Waals surface area contributed by atoms with Crippen LogP contribution in [0.4, 0.5) is 5.13 Å². The molecule has 3 heterocycles. The van der Waals surface area contributed by atoms with E-state index >= 15 is 0 Å². The number of amides is 2. The molecule has 0 spiro atoms. The maximum atomic E-state index is 12.4. The monoisotopic (exact) mass is 366 g/mol. The Balaban J connectivity index is 1.48. The van der Waals surface area contributed by atoms with Crippen molar-refractivity contribution in [2.24, 2.45) is 5.92 Å². The molecule has 1 N–H and O–H groups in total. The summed E-state index contributed by atoms with van der Waals surface area (Å²) in [6, 6.07) is 0. The average Bonchev–Trinajstić information content (AvgIpc) is 3.31. The number of likely N-dealkylation sites (tertiary alicyclic amines) is 1. The molecule has 0 radical (unpaired) electrons. The van der Waals surface area contributed by atoms with Gasteiger partial charge in [0.2, 0.25) is 11.8 Å². The zero-order valence-corrected chi connectivity index (χ0v) is 15.5. The van der Waals surface area contributed by atoms with E-state index in [9.17, 15) is 9.59 Å². The third-order valence-corrected chi connectivity index (χ3v) is 5.72. The zero-order valence-electron chi connectivity index (χ0n) is 14.7. The topological polar surface area (TPSA) is 74.8 Å². The Morgan fingerprint density at radius 2 is 2.12 bits per heavy atom. The van der Waals surface area contributed by atoms with Crippen LogP contribution in [0.5, 0.6) is 0 Å². The summed E-state index contributed by atoms with van der Waals surface area (Å²) in [6.07, 6.45) is 4.12. The van der Waals surface area contributed by atoms with Gasteiger partial charge in [0.25, 0.3) is 0 Å². The van der Waals surface area contributed by atoms with Gasteiger partial charge in [-0.25, -0.2) is 4.98 Å². The van der Waals surface area contributed by atoms with Crippen molar-refractivity contribution < 1.29 is 14.3 Å². The van der Waals surface area contributed by atoms with Crippen LogP contribution in [0.1, 0.15) is 31.4 Å². The first-order valence-corrected chi connectivity index (χ1v) is 9.79. The van der Waals surface area contributed by atoms with Crippen LogP contribution in [0, 0.1) is 5.92 Å². The first-order chi connectivity index (χ1) is 12.2. The van der Waals surface area contributed by atoms with Crippen molar-refractivity contribution in [3.05, 3.63) is 11.1 Å². The van der Waals surface area contributed by atoms with Crippen molar-refractivity contribution in [3.63, 3.8) is 0 Å².